The molecule has 0 N–H and O–H groups in total. The van der Waals surface area contributed by atoms with Crippen molar-refractivity contribution in [2.45, 2.75) is 31.7 Å². The molecule has 136 valence electrons. The first kappa shape index (κ1) is 17.1. The molecule has 0 bridgehead atoms. The van der Waals surface area contributed by atoms with Crippen LogP contribution >= 0.6 is 11.3 Å². The molecule has 1 fully saturated rings. The Hall–Kier alpha value is -2.34. The van der Waals surface area contributed by atoms with Gasteiger partial charge in [0, 0.05) is 37.9 Å². The Labute approximate surface area is 157 Å². The first-order valence-electron chi connectivity index (χ1n) is 9.10. The maximum Gasteiger partial charge on any atom is 0.228 e. The van der Waals surface area contributed by atoms with E-state index in [1.165, 1.54) is 0 Å². The van der Waals surface area contributed by atoms with Crippen molar-refractivity contribution in [2.24, 2.45) is 0 Å². The number of nitrogens with zero attached hydrogens (tertiary/aromatic N) is 4. The van der Waals surface area contributed by atoms with E-state index in [2.05, 4.69) is 16.7 Å². The van der Waals surface area contributed by atoms with Crippen LogP contribution < -0.4 is 4.90 Å². The smallest absolute Gasteiger partial charge is 0.228 e. The highest BCUT2D eigenvalue weighted by molar-refractivity contribution is 7.10. The summed E-state index contributed by atoms with van der Waals surface area (Å²) in [4.78, 5) is 23.1. The molecule has 6 heteroatoms. The number of rotatable bonds is 4. The molecule has 1 amide bonds. The predicted octanol–water partition coefficient (Wildman–Crippen LogP) is 3.76. The first-order chi connectivity index (χ1) is 12.6. The molecule has 0 aliphatic carbocycles. The Morgan fingerprint density at radius 2 is 2.19 bits per heavy atom. The number of piperidine rings is 1. The fraction of sp³-hybridized carbons (Fsp3) is 0.400. The number of likely N-dealkylation sites (tertiary alicyclic amines) is 1. The van der Waals surface area contributed by atoms with Crippen LogP contribution in [0.5, 0.6) is 0 Å². The lowest BCUT2D eigenvalue weighted by Crippen LogP contribution is -2.39. The fourth-order valence-electron chi connectivity index (χ4n) is 3.74. The molecule has 1 atom stereocenters. The lowest BCUT2D eigenvalue weighted by atomic mass is 9.99. The van der Waals surface area contributed by atoms with Crippen molar-refractivity contribution >= 4 is 28.6 Å². The average molecular weight is 369 g/mol. The normalized spacial score (nSPS) is 17.6. The van der Waals surface area contributed by atoms with Crippen molar-refractivity contribution in [3.8, 4) is 0 Å². The summed E-state index contributed by atoms with van der Waals surface area (Å²) in [5.41, 5.74) is 2.07. The van der Waals surface area contributed by atoms with Crippen LogP contribution in [0.1, 0.15) is 35.9 Å². The molecule has 3 aromatic heterocycles. The zero-order valence-electron chi connectivity index (χ0n) is 15.3. The zero-order chi connectivity index (χ0) is 18.1. The second-order valence-corrected chi connectivity index (χ2v) is 8.07. The van der Waals surface area contributed by atoms with Crippen LogP contribution in [0.4, 0.5) is 5.82 Å². The van der Waals surface area contributed by atoms with E-state index in [4.69, 9.17) is 4.98 Å². The summed E-state index contributed by atoms with van der Waals surface area (Å²) < 4.78 is 2.12. The number of aromatic nitrogens is 2. The minimum absolute atomic E-state index is 0.0571. The van der Waals surface area contributed by atoms with Gasteiger partial charge in [-0.3, -0.25) is 4.79 Å². The standard InChI is InChI=1S/C20H24N4OS/c1-22(2)20-18-9-5-10-23(18)14-16(21-20)17-8-3-4-11-24(17)19(25)13-15-7-6-12-26-15/h5-7,9-10,12,14,17H,3-4,8,11,13H2,1-2H3/t17-/m1/s1. The number of anilines is 1. The van der Waals surface area contributed by atoms with Gasteiger partial charge in [0.1, 0.15) is 0 Å². The second-order valence-electron chi connectivity index (χ2n) is 7.04. The van der Waals surface area contributed by atoms with Crippen LogP contribution in [0.15, 0.2) is 42.0 Å². The van der Waals surface area contributed by atoms with Gasteiger partial charge in [-0.2, -0.15) is 0 Å². The Morgan fingerprint density at radius 3 is 2.96 bits per heavy atom. The second kappa shape index (κ2) is 7.11. The summed E-state index contributed by atoms with van der Waals surface area (Å²) in [6.45, 7) is 0.817. The number of hydrogen-bond donors (Lipinski definition) is 0. The van der Waals surface area contributed by atoms with Crippen molar-refractivity contribution in [3.05, 3.63) is 52.6 Å². The van der Waals surface area contributed by atoms with Crippen LogP contribution in [0, 0.1) is 0 Å². The molecule has 0 spiro atoms. The largest absolute Gasteiger partial charge is 0.361 e. The molecule has 4 rings (SSSR count). The van der Waals surface area contributed by atoms with E-state index in [0.29, 0.717) is 6.42 Å². The Bertz CT molecular complexity index is 900. The summed E-state index contributed by atoms with van der Waals surface area (Å²) in [7, 11) is 4.03. The van der Waals surface area contributed by atoms with Gasteiger partial charge in [-0.05, 0) is 42.8 Å². The van der Waals surface area contributed by atoms with Crippen molar-refractivity contribution in [1.29, 1.82) is 0 Å². The van der Waals surface area contributed by atoms with Gasteiger partial charge in [-0.25, -0.2) is 4.98 Å². The third-order valence-electron chi connectivity index (χ3n) is 5.01. The minimum Gasteiger partial charge on any atom is -0.361 e. The van der Waals surface area contributed by atoms with Gasteiger partial charge in [0.05, 0.1) is 23.7 Å². The molecule has 0 saturated carbocycles. The van der Waals surface area contributed by atoms with Gasteiger partial charge in [0.15, 0.2) is 5.82 Å². The molecule has 1 aliphatic heterocycles. The SMILES string of the molecule is CN(C)c1nc([C@H]2CCCCN2C(=O)Cc2cccs2)cn2cccc12. The number of carbonyl (C=O) groups is 1. The lowest BCUT2D eigenvalue weighted by Gasteiger charge is -2.36. The maximum atomic E-state index is 13.0. The lowest BCUT2D eigenvalue weighted by molar-refractivity contribution is -0.134. The number of carbonyl (C=O) groups excluding carboxylic acids is 1. The summed E-state index contributed by atoms with van der Waals surface area (Å²) in [5, 5.41) is 2.03. The van der Waals surface area contributed by atoms with Crippen molar-refractivity contribution in [1.82, 2.24) is 14.3 Å². The van der Waals surface area contributed by atoms with E-state index in [-0.39, 0.29) is 11.9 Å². The van der Waals surface area contributed by atoms with Gasteiger partial charge in [-0.1, -0.05) is 6.07 Å². The topological polar surface area (TPSA) is 40.9 Å². The average Bonchev–Trinajstić information content (AvgIpc) is 3.32. The molecule has 4 heterocycles. The number of fused-ring (bicyclic) bond motifs is 1. The van der Waals surface area contributed by atoms with E-state index in [1.54, 1.807) is 11.3 Å². The van der Waals surface area contributed by atoms with Crippen molar-refractivity contribution in [3.63, 3.8) is 0 Å². The van der Waals surface area contributed by atoms with Crippen molar-refractivity contribution < 1.29 is 4.79 Å². The third-order valence-corrected chi connectivity index (χ3v) is 5.88. The monoisotopic (exact) mass is 368 g/mol. The van der Waals surface area contributed by atoms with E-state index in [0.717, 1.165) is 47.7 Å². The van der Waals surface area contributed by atoms with Crippen LogP contribution in [-0.2, 0) is 11.2 Å². The Kier molecular flexibility index (Phi) is 4.68. The quantitative estimate of drug-likeness (QED) is 0.704. The van der Waals surface area contributed by atoms with Crippen LogP contribution in [-0.4, -0.2) is 40.8 Å². The van der Waals surface area contributed by atoms with E-state index in [1.807, 2.05) is 53.7 Å². The fourth-order valence-corrected chi connectivity index (χ4v) is 4.43. The highest BCUT2D eigenvalue weighted by Crippen LogP contribution is 2.32. The first-order valence-corrected chi connectivity index (χ1v) is 9.98. The van der Waals surface area contributed by atoms with E-state index in [9.17, 15) is 4.79 Å². The zero-order valence-corrected chi connectivity index (χ0v) is 16.1. The summed E-state index contributed by atoms with van der Waals surface area (Å²) in [6.07, 6.45) is 7.80. The molecule has 0 aromatic carbocycles. The van der Waals surface area contributed by atoms with Gasteiger partial charge in [0.25, 0.3) is 0 Å². The molecule has 0 radical (unpaired) electrons. The van der Waals surface area contributed by atoms with Crippen LogP contribution in [0.3, 0.4) is 0 Å². The Morgan fingerprint density at radius 1 is 1.31 bits per heavy atom. The van der Waals surface area contributed by atoms with Crippen molar-refractivity contribution in [2.75, 3.05) is 25.5 Å². The minimum atomic E-state index is 0.0571. The van der Waals surface area contributed by atoms with Gasteiger partial charge >= 0.3 is 0 Å². The van der Waals surface area contributed by atoms with E-state index >= 15 is 0 Å². The molecule has 5 nitrogen and oxygen atoms in total. The summed E-state index contributed by atoms with van der Waals surface area (Å²) in [6, 6.07) is 8.21. The molecule has 0 unspecified atom stereocenters. The molecule has 1 aliphatic rings. The maximum absolute atomic E-state index is 13.0. The van der Waals surface area contributed by atoms with Gasteiger partial charge < -0.3 is 14.2 Å². The van der Waals surface area contributed by atoms with Crippen LogP contribution in [0.2, 0.25) is 0 Å². The number of thiophene rings is 1. The summed E-state index contributed by atoms with van der Waals surface area (Å²) >= 11 is 1.65. The van der Waals surface area contributed by atoms with E-state index < -0.39 is 0 Å². The summed E-state index contributed by atoms with van der Waals surface area (Å²) in [5.74, 6) is 1.15. The van der Waals surface area contributed by atoms with Crippen LogP contribution in [0.25, 0.3) is 5.52 Å². The molecular formula is C20H24N4OS. The molecule has 1 saturated heterocycles. The number of amides is 1. The molecule has 26 heavy (non-hydrogen) atoms. The highest BCUT2D eigenvalue weighted by Gasteiger charge is 2.30. The highest BCUT2D eigenvalue weighted by atomic mass is 32.1. The molecule has 3 aromatic rings. The van der Waals surface area contributed by atoms with Gasteiger partial charge in [-0.15, -0.1) is 11.3 Å². The predicted molar refractivity (Wildman–Crippen MR) is 106 cm³/mol. The Balaban J connectivity index is 1.67. The third kappa shape index (κ3) is 3.21. The number of hydrogen-bond acceptors (Lipinski definition) is 4. The van der Waals surface area contributed by atoms with Gasteiger partial charge in [0.2, 0.25) is 5.91 Å². The molecular weight excluding hydrogens is 344 g/mol.